The molecule has 4 heteroatoms. The maximum atomic E-state index is 6.72. The van der Waals surface area contributed by atoms with Crippen LogP contribution in [0.25, 0.3) is 111 Å². The monoisotopic (exact) mass is 727 g/mol. The molecule has 0 fully saturated rings. The van der Waals surface area contributed by atoms with E-state index < -0.39 is 0 Å². The van der Waals surface area contributed by atoms with E-state index in [0.29, 0.717) is 17.5 Å². The molecule has 0 aliphatic carbocycles. The van der Waals surface area contributed by atoms with Crippen LogP contribution in [0, 0.1) is 0 Å². The summed E-state index contributed by atoms with van der Waals surface area (Å²) < 4.78 is 6.72. The fourth-order valence-electron chi connectivity index (χ4n) is 7.98. The Morgan fingerprint density at radius 3 is 1.42 bits per heavy atom. The van der Waals surface area contributed by atoms with Gasteiger partial charge in [0.25, 0.3) is 0 Å². The van der Waals surface area contributed by atoms with Gasteiger partial charge in [0.05, 0.1) is 0 Å². The molecule has 11 aromatic rings. The largest absolute Gasteiger partial charge is 0.455 e. The van der Waals surface area contributed by atoms with Crippen LogP contribution < -0.4 is 0 Å². The van der Waals surface area contributed by atoms with Crippen molar-refractivity contribution in [3.05, 3.63) is 200 Å². The number of rotatable bonds is 6. The first-order chi connectivity index (χ1) is 28.2. The quantitative estimate of drug-likeness (QED) is 0.171. The van der Waals surface area contributed by atoms with Crippen molar-refractivity contribution in [2.24, 2.45) is 0 Å². The van der Waals surface area contributed by atoms with Crippen LogP contribution in [0.2, 0.25) is 0 Å². The lowest BCUT2D eigenvalue weighted by Crippen LogP contribution is -2.00. The van der Waals surface area contributed by atoms with Gasteiger partial charge in [0.2, 0.25) is 0 Å². The molecule has 11 rings (SSSR count). The minimum absolute atomic E-state index is 0.622. The molecule has 0 bridgehead atoms. The summed E-state index contributed by atoms with van der Waals surface area (Å²) in [5.74, 6) is 1.89. The Morgan fingerprint density at radius 1 is 0.298 bits per heavy atom. The summed E-state index contributed by atoms with van der Waals surface area (Å²) in [5, 5.41) is 6.97. The van der Waals surface area contributed by atoms with Crippen LogP contribution in [0.4, 0.5) is 0 Å². The van der Waals surface area contributed by atoms with E-state index in [1.165, 1.54) is 27.5 Å². The van der Waals surface area contributed by atoms with Gasteiger partial charge in [0, 0.05) is 32.8 Å². The number of benzene rings is 9. The van der Waals surface area contributed by atoms with Crippen LogP contribution in [0.15, 0.2) is 205 Å². The second kappa shape index (κ2) is 13.6. The Bertz CT molecular complexity index is 3260. The Balaban J connectivity index is 0.959. The minimum Gasteiger partial charge on any atom is -0.455 e. The molecule has 0 spiro atoms. The zero-order chi connectivity index (χ0) is 37.7. The van der Waals surface area contributed by atoms with E-state index in [1.54, 1.807) is 0 Å². The van der Waals surface area contributed by atoms with Gasteiger partial charge in [-0.2, -0.15) is 0 Å². The maximum Gasteiger partial charge on any atom is 0.164 e. The number of nitrogens with zero attached hydrogens (tertiary/aromatic N) is 3. The van der Waals surface area contributed by atoms with Gasteiger partial charge in [-0.15, -0.1) is 0 Å². The fourth-order valence-corrected chi connectivity index (χ4v) is 7.98. The van der Waals surface area contributed by atoms with Gasteiger partial charge in [-0.05, 0) is 73.8 Å². The van der Waals surface area contributed by atoms with Gasteiger partial charge < -0.3 is 4.42 Å². The molecule has 0 saturated heterocycles. The number of hydrogen-bond donors (Lipinski definition) is 0. The molecule has 0 aliphatic rings. The van der Waals surface area contributed by atoms with Crippen molar-refractivity contribution < 1.29 is 4.42 Å². The Labute approximate surface area is 329 Å². The second-order valence-corrected chi connectivity index (χ2v) is 14.4. The average Bonchev–Trinajstić information content (AvgIpc) is 3.68. The van der Waals surface area contributed by atoms with Crippen LogP contribution in [0.3, 0.4) is 0 Å². The molecule has 266 valence electrons. The molecular formula is C53H33N3O. The highest BCUT2D eigenvalue weighted by Crippen LogP contribution is 2.42. The van der Waals surface area contributed by atoms with Gasteiger partial charge in [-0.3, -0.25) is 0 Å². The molecule has 4 nitrogen and oxygen atoms in total. The van der Waals surface area contributed by atoms with Gasteiger partial charge in [0.1, 0.15) is 11.2 Å². The number of fused-ring (bicyclic) bond motifs is 6. The molecule has 0 atom stereocenters. The third-order valence-electron chi connectivity index (χ3n) is 10.9. The minimum atomic E-state index is 0.622. The summed E-state index contributed by atoms with van der Waals surface area (Å²) >= 11 is 0. The van der Waals surface area contributed by atoms with Gasteiger partial charge in [-0.1, -0.05) is 176 Å². The highest BCUT2D eigenvalue weighted by atomic mass is 16.3. The molecule has 2 heterocycles. The van der Waals surface area contributed by atoms with E-state index in [0.717, 1.165) is 66.1 Å². The van der Waals surface area contributed by atoms with Crippen LogP contribution in [-0.2, 0) is 0 Å². The van der Waals surface area contributed by atoms with Crippen molar-refractivity contribution in [1.29, 1.82) is 0 Å². The average molecular weight is 728 g/mol. The Morgan fingerprint density at radius 2 is 0.772 bits per heavy atom. The van der Waals surface area contributed by atoms with Crippen LogP contribution in [-0.4, -0.2) is 15.0 Å². The second-order valence-electron chi connectivity index (χ2n) is 14.4. The molecule has 2 aromatic heterocycles. The standard InChI is InChI=1S/C53H33N3O/c1-3-12-37(13-4-1)47-32-44-17-9-10-18-45(44)50-49(47)46-30-29-43(33-48(46)57-50)36-21-26-40(27-22-36)53-55-51(38-14-5-2-6-15-38)54-52(56-53)39-24-19-35(20-25-39)42-28-23-34-11-7-8-16-41(34)31-42/h1-33H. The highest BCUT2D eigenvalue weighted by molar-refractivity contribution is 6.21. The van der Waals surface area contributed by atoms with Crippen molar-refractivity contribution in [2.45, 2.75) is 0 Å². The number of hydrogen-bond acceptors (Lipinski definition) is 4. The SMILES string of the molecule is c1ccc(-c2nc(-c3ccc(-c4ccc5ccccc5c4)cc3)nc(-c3ccc(-c4ccc5c(c4)oc4c6ccccc6cc(-c6ccccc6)c54)cc3)n2)cc1. The highest BCUT2D eigenvalue weighted by Gasteiger charge is 2.18. The van der Waals surface area contributed by atoms with Gasteiger partial charge in [0.15, 0.2) is 17.5 Å². The predicted molar refractivity (Wildman–Crippen MR) is 235 cm³/mol. The molecule has 0 unspecified atom stereocenters. The van der Waals surface area contributed by atoms with E-state index >= 15 is 0 Å². The molecule has 9 aromatic carbocycles. The van der Waals surface area contributed by atoms with Gasteiger partial charge in [-0.25, -0.2) is 15.0 Å². The maximum absolute atomic E-state index is 6.72. The smallest absolute Gasteiger partial charge is 0.164 e. The van der Waals surface area contributed by atoms with E-state index in [9.17, 15) is 0 Å². The molecule has 0 saturated carbocycles. The molecule has 0 amide bonds. The molecule has 0 N–H and O–H groups in total. The third kappa shape index (κ3) is 5.92. The lowest BCUT2D eigenvalue weighted by Gasteiger charge is -2.10. The summed E-state index contributed by atoms with van der Waals surface area (Å²) in [6, 6.07) is 69.9. The molecule has 0 radical (unpaired) electrons. The fraction of sp³-hybridized carbons (Fsp3) is 0. The van der Waals surface area contributed by atoms with E-state index in [2.05, 4.69) is 170 Å². The van der Waals surface area contributed by atoms with Crippen molar-refractivity contribution in [1.82, 2.24) is 15.0 Å². The van der Waals surface area contributed by atoms with Crippen molar-refractivity contribution in [3.8, 4) is 67.5 Å². The van der Waals surface area contributed by atoms with Crippen LogP contribution in [0.5, 0.6) is 0 Å². The summed E-state index contributed by atoms with van der Waals surface area (Å²) in [6.45, 7) is 0. The first-order valence-corrected chi connectivity index (χ1v) is 19.2. The van der Waals surface area contributed by atoms with E-state index in [4.69, 9.17) is 19.4 Å². The lowest BCUT2D eigenvalue weighted by atomic mass is 9.95. The number of aromatic nitrogens is 3. The van der Waals surface area contributed by atoms with E-state index in [-0.39, 0.29) is 0 Å². The first-order valence-electron chi connectivity index (χ1n) is 19.2. The zero-order valence-electron chi connectivity index (χ0n) is 30.8. The Hall–Kier alpha value is -7.69. The zero-order valence-corrected chi connectivity index (χ0v) is 30.8. The predicted octanol–water partition coefficient (Wildman–Crippen LogP) is 14.1. The summed E-state index contributed by atoms with van der Waals surface area (Å²) in [5.41, 5.74) is 11.4. The van der Waals surface area contributed by atoms with Crippen LogP contribution in [0.1, 0.15) is 0 Å². The molecule has 57 heavy (non-hydrogen) atoms. The summed E-state index contributed by atoms with van der Waals surface area (Å²) in [4.78, 5) is 15.0. The molecule has 0 aliphatic heterocycles. The lowest BCUT2D eigenvalue weighted by molar-refractivity contribution is 0.673. The Kier molecular flexibility index (Phi) is 7.78. The van der Waals surface area contributed by atoms with Crippen LogP contribution >= 0.6 is 0 Å². The molecular weight excluding hydrogens is 695 g/mol. The normalized spacial score (nSPS) is 11.5. The van der Waals surface area contributed by atoms with E-state index in [1.807, 2.05) is 30.3 Å². The summed E-state index contributed by atoms with van der Waals surface area (Å²) in [7, 11) is 0. The third-order valence-corrected chi connectivity index (χ3v) is 10.9. The number of furan rings is 1. The summed E-state index contributed by atoms with van der Waals surface area (Å²) in [6.07, 6.45) is 0. The first kappa shape index (κ1) is 32.7. The van der Waals surface area contributed by atoms with Gasteiger partial charge >= 0.3 is 0 Å². The van der Waals surface area contributed by atoms with Crippen molar-refractivity contribution >= 4 is 43.5 Å². The van der Waals surface area contributed by atoms with Crippen molar-refractivity contribution in [2.75, 3.05) is 0 Å². The van der Waals surface area contributed by atoms with Crippen molar-refractivity contribution in [3.63, 3.8) is 0 Å². The topological polar surface area (TPSA) is 51.8 Å².